The largest absolute Gasteiger partial charge is 0.321 e. The van der Waals surface area contributed by atoms with Crippen molar-refractivity contribution in [2.45, 2.75) is 27.1 Å². The molecule has 0 atom stereocenters. The maximum atomic E-state index is 12.4. The highest BCUT2D eigenvalue weighted by molar-refractivity contribution is 7.71. The molecule has 8 heteroatoms. The molecular weight excluding hydrogens is 372 g/mol. The molecule has 0 unspecified atom stereocenters. The summed E-state index contributed by atoms with van der Waals surface area (Å²) in [6.07, 6.45) is 3.59. The van der Waals surface area contributed by atoms with Crippen LogP contribution in [-0.2, 0) is 18.0 Å². The van der Waals surface area contributed by atoms with Crippen LogP contribution in [0.15, 0.2) is 37.2 Å². The van der Waals surface area contributed by atoms with Crippen LogP contribution in [0, 0.1) is 18.6 Å². The summed E-state index contributed by atoms with van der Waals surface area (Å²) in [5.41, 5.74) is 3.24. The molecule has 1 aliphatic heterocycles. The van der Waals surface area contributed by atoms with Crippen molar-refractivity contribution >= 4 is 23.8 Å². The normalized spacial score (nSPS) is 19.4. The Balaban J connectivity index is 1.47. The summed E-state index contributed by atoms with van der Waals surface area (Å²) >= 11 is 5.47. The van der Waals surface area contributed by atoms with E-state index in [1.54, 1.807) is 6.33 Å². The van der Waals surface area contributed by atoms with Crippen LogP contribution in [0.1, 0.15) is 11.1 Å². The molecular formula is C20H30N6OS+2. The van der Waals surface area contributed by atoms with Crippen LogP contribution in [-0.4, -0.2) is 53.0 Å². The van der Waals surface area contributed by atoms with Crippen molar-refractivity contribution in [3.05, 3.63) is 53.1 Å². The highest BCUT2D eigenvalue weighted by Crippen LogP contribution is 2.17. The maximum absolute atomic E-state index is 12.4. The Labute approximate surface area is 171 Å². The number of nitrogens with zero attached hydrogens (tertiary/aromatic N) is 3. The zero-order chi connectivity index (χ0) is 20.1. The van der Waals surface area contributed by atoms with E-state index in [0.29, 0.717) is 13.1 Å². The molecule has 1 aliphatic rings. The summed E-state index contributed by atoms with van der Waals surface area (Å²) in [5.74, 6) is 0.0811. The molecule has 0 spiro atoms. The van der Waals surface area contributed by atoms with E-state index in [0.717, 1.165) is 48.9 Å². The van der Waals surface area contributed by atoms with Gasteiger partial charge in [-0.05, 0) is 43.3 Å². The number of aryl methyl sites for hydroxylation is 1. The van der Waals surface area contributed by atoms with Crippen LogP contribution in [0.5, 0.6) is 0 Å². The number of aromatic nitrogens is 3. The number of rotatable bonds is 7. The molecule has 1 saturated heterocycles. The number of piperazine rings is 1. The van der Waals surface area contributed by atoms with Crippen LogP contribution >= 0.6 is 12.2 Å². The van der Waals surface area contributed by atoms with E-state index < -0.39 is 0 Å². The molecule has 28 heavy (non-hydrogen) atoms. The van der Waals surface area contributed by atoms with Gasteiger partial charge in [-0.2, -0.15) is 9.78 Å². The average Bonchev–Trinajstić information content (AvgIpc) is 3.01. The Morgan fingerprint density at radius 3 is 2.71 bits per heavy atom. The van der Waals surface area contributed by atoms with Gasteiger partial charge in [0.05, 0.1) is 0 Å². The molecule has 0 saturated carbocycles. The number of quaternary nitrogens is 2. The van der Waals surface area contributed by atoms with E-state index in [4.69, 9.17) is 12.2 Å². The van der Waals surface area contributed by atoms with Crippen LogP contribution in [0.4, 0.5) is 5.69 Å². The number of hydrogen-bond donors (Lipinski definition) is 3. The minimum atomic E-state index is 0.0811. The minimum Gasteiger partial charge on any atom is -0.321 e. The second-order valence-electron chi connectivity index (χ2n) is 7.48. The molecule has 2 heterocycles. The predicted octanol–water partition coefficient (Wildman–Crippen LogP) is -0.403. The summed E-state index contributed by atoms with van der Waals surface area (Å²) in [5, 5.41) is 7.46. The fraction of sp³-hybridized carbons (Fsp3) is 0.450. The van der Waals surface area contributed by atoms with E-state index in [-0.39, 0.29) is 5.91 Å². The SMILES string of the molecule is C=CCn1cnn(C[NH+]2CC[NH+](CC(=O)Nc3cccc(C)c3C)CC2)c1=S. The molecule has 0 radical (unpaired) electrons. The highest BCUT2D eigenvalue weighted by atomic mass is 32.1. The van der Waals surface area contributed by atoms with Crippen LogP contribution < -0.4 is 15.1 Å². The number of carbonyl (C=O) groups is 1. The van der Waals surface area contributed by atoms with Gasteiger partial charge < -0.3 is 19.7 Å². The molecule has 7 nitrogen and oxygen atoms in total. The lowest BCUT2D eigenvalue weighted by atomic mass is 10.1. The van der Waals surface area contributed by atoms with E-state index in [1.807, 2.05) is 34.4 Å². The first-order valence-corrected chi connectivity index (χ1v) is 10.1. The van der Waals surface area contributed by atoms with Crippen molar-refractivity contribution in [1.29, 1.82) is 0 Å². The first kappa shape index (κ1) is 20.4. The van der Waals surface area contributed by atoms with E-state index in [1.165, 1.54) is 15.4 Å². The zero-order valence-electron chi connectivity index (χ0n) is 16.7. The average molecular weight is 403 g/mol. The number of allylic oxidation sites excluding steroid dienone is 1. The van der Waals surface area contributed by atoms with Gasteiger partial charge in [0.2, 0.25) is 4.77 Å². The standard InChI is InChI=1S/C20H28N6OS/c1-4-8-25-14-21-26(20(25)28)15-24-11-9-23(10-12-24)13-19(27)22-18-7-5-6-16(2)17(18)3/h4-7,14H,1,8-13,15H2,2-3H3,(H,22,27)/p+2. The lowest BCUT2D eigenvalue weighted by molar-refractivity contribution is -1.02. The second kappa shape index (κ2) is 9.27. The van der Waals surface area contributed by atoms with Gasteiger partial charge in [-0.1, -0.05) is 18.2 Å². The van der Waals surface area contributed by atoms with E-state index in [9.17, 15) is 4.79 Å². The molecule has 150 valence electrons. The van der Waals surface area contributed by atoms with Gasteiger partial charge >= 0.3 is 0 Å². The van der Waals surface area contributed by atoms with E-state index >= 15 is 0 Å². The molecule has 1 aromatic heterocycles. The smallest absolute Gasteiger partial charge is 0.279 e. The van der Waals surface area contributed by atoms with Crippen molar-refractivity contribution in [3.8, 4) is 0 Å². The fourth-order valence-corrected chi connectivity index (χ4v) is 3.79. The topological polar surface area (TPSA) is 60.7 Å². The summed E-state index contributed by atoms with van der Waals surface area (Å²) in [7, 11) is 0. The summed E-state index contributed by atoms with van der Waals surface area (Å²) in [6.45, 7) is 13.7. The molecule has 3 rings (SSSR count). The second-order valence-corrected chi connectivity index (χ2v) is 7.85. The third-order valence-corrected chi connectivity index (χ3v) is 5.89. The first-order chi connectivity index (χ1) is 13.5. The van der Waals surface area contributed by atoms with Gasteiger partial charge in [-0.25, -0.2) is 0 Å². The molecule has 1 fully saturated rings. The molecule has 0 aliphatic carbocycles. The third kappa shape index (κ3) is 4.95. The molecule has 1 aromatic carbocycles. The minimum absolute atomic E-state index is 0.0811. The maximum Gasteiger partial charge on any atom is 0.279 e. The van der Waals surface area contributed by atoms with Gasteiger partial charge in [0.25, 0.3) is 5.91 Å². The van der Waals surface area contributed by atoms with Gasteiger partial charge in [0.1, 0.15) is 32.5 Å². The lowest BCUT2D eigenvalue weighted by Gasteiger charge is -2.29. The van der Waals surface area contributed by atoms with Crippen molar-refractivity contribution in [1.82, 2.24) is 14.3 Å². The Morgan fingerprint density at radius 2 is 2.00 bits per heavy atom. The zero-order valence-corrected chi connectivity index (χ0v) is 17.5. The Hall–Kier alpha value is -2.29. The predicted molar refractivity (Wildman–Crippen MR) is 112 cm³/mol. The lowest BCUT2D eigenvalue weighted by Crippen LogP contribution is -3.28. The first-order valence-electron chi connectivity index (χ1n) is 9.74. The van der Waals surface area contributed by atoms with Crippen molar-refractivity contribution < 1.29 is 14.6 Å². The van der Waals surface area contributed by atoms with E-state index in [2.05, 4.69) is 30.0 Å². The number of amides is 1. The molecule has 2 aromatic rings. The van der Waals surface area contributed by atoms with Crippen molar-refractivity contribution in [2.24, 2.45) is 0 Å². The third-order valence-electron chi connectivity index (χ3n) is 5.45. The molecule has 1 amide bonds. The quantitative estimate of drug-likeness (QED) is 0.436. The van der Waals surface area contributed by atoms with Crippen molar-refractivity contribution in [3.63, 3.8) is 0 Å². The number of nitrogens with one attached hydrogen (secondary N) is 3. The number of anilines is 1. The highest BCUT2D eigenvalue weighted by Gasteiger charge is 2.25. The van der Waals surface area contributed by atoms with Gasteiger partial charge in [0, 0.05) is 12.2 Å². The Bertz CT molecular complexity index is 894. The van der Waals surface area contributed by atoms with Crippen LogP contribution in [0.3, 0.4) is 0 Å². The summed E-state index contributed by atoms with van der Waals surface area (Å²) in [6, 6.07) is 6.01. The Morgan fingerprint density at radius 1 is 1.29 bits per heavy atom. The van der Waals surface area contributed by atoms with Gasteiger partial charge in [-0.15, -0.1) is 6.58 Å². The number of benzene rings is 1. The molecule has 3 N–H and O–H groups in total. The number of carbonyl (C=O) groups excluding carboxylic acids is 1. The van der Waals surface area contributed by atoms with Gasteiger partial charge in [0.15, 0.2) is 13.2 Å². The van der Waals surface area contributed by atoms with Crippen molar-refractivity contribution in [2.75, 3.05) is 38.0 Å². The monoisotopic (exact) mass is 402 g/mol. The molecule has 0 bridgehead atoms. The summed E-state index contributed by atoms with van der Waals surface area (Å²) < 4.78 is 4.53. The van der Waals surface area contributed by atoms with Crippen LogP contribution in [0.2, 0.25) is 0 Å². The fourth-order valence-electron chi connectivity index (χ4n) is 3.56. The summed E-state index contributed by atoms with van der Waals surface area (Å²) in [4.78, 5) is 15.2. The Kier molecular flexibility index (Phi) is 6.77. The van der Waals surface area contributed by atoms with Crippen LogP contribution in [0.25, 0.3) is 0 Å². The number of hydrogen-bond acceptors (Lipinski definition) is 3. The van der Waals surface area contributed by atoms with Gasteiger partial charge in [-0.3, -0.25) is 4.79 Å².